The van der Waals surface area contributed by atoms with E-state index in [0.717, 1.165) is 6.42 Å². The van der Waals surface area contributed by atoms with E-state index in [1.807, 2.05) is 20.8 Å². The molecule has 0 fully saturated rings. The summed E-state index contributed by atoms with van der Waals surface area (Å²) in [4.78, 5) is 21.0. The largest absolute Gasteiger partial charge is 0.439 e. The quantitative estimate of drug-likeness (QED) is 0.655. The van der Waals surface area contributed by atoms with E-state index in [4.69, 9.17) is 4.74 Å². The molecule has 2 aromatic carbocycles. The van der Waals surface area contributed by atoms with E-state index in [1.165, 1.54) is 12.1 Å². The minimum absolute atomic E-state index is 0.160. The van der Waals surface area contributed by atoms with Crippen LogP contribution >= 0.6 is 0 Å². The first-order valence-electron chi connectivity index (χ1n) is 9.06. The summed E-state index contributed by atoms with van der Waals surface area (Å²) in [7, 11) is 0. The lowest BCUT2D eigenvalue weighted by Crippen LogP contribution is -2.42. The molecule has 0 spiro atoms. The van der Waals surface area contributed by atoms with E-state index in [9.17, 15) is 9.18 Å². The van der Waals surface area contributed by atoms with E-state index >= 15 is 0 Å². The van der Waals surface area contributed by atoms with Crippen molar-refractivity contribution in [2.45, 2.75) is 32.7 Å². The van der Waals surface area contributed by atoms with Crippen LogP contribution < -0.4 is 10.1 Å². The van der Waals surface area contributed by atoms with Gasteiger partial charge in [-0.15, -0.1) is 0 Å². The molecule has 28 heavy (non-hydrogen) atoms. The molecule has 0 saturated carbocycles. The number of carbonyl (C=O) groups is 1. The maximum atomic E-state index is 13.1. The van der Waals surface area contributed by atoms with Crippen LogP contribution in [0.2, 0.25) is 0 Å². The standard InChI is InChI=1S/C22H22FN3O2/c1-4-22(2,3)26-21(27)16-6-5-7-18(14-16)28-19-12-13-24-20(25-19)15-8-10-17(23)11-9-15/h5-14H,4H2,1-3H3,(H,26,27). The highest BCUT2D eigenvalue weighted by Crippen LogP contribution is 2.23. The average Bonchev–Trinajstić information content (AvgIpc) is 2.69. The molecule has 0 unspecified atom stereocenters. The number of hydrogen-bond donors (Lipinski definition) is 1. The van der Waals surface area contributed by atoms with Gasteiger partial charge in [0.1, 0.15) is 11.6 Å². The Hall–Kier alpha value is -3.28. The zero-order valence-corrected chi connectivity index (χ0v) is 16.1. The fourth-order valence-corrected chi connectivity index (χ4v) is 2.43. The molecule has 0 saturated heterocycles. The molecule has 3 rings (SSSR count). The fraction of sp³-hybridized carbons (Fsp3) is 0.227. The SMILES string of the molecule is CCC(C)(C)NC(=O)c1cccc(Oc2ccnc(-c3ccc(F)cc3)n2)c1. The van der Waals surface area contributed by atoms with Gasteiger partial charge in [-0.3, -0.25) is 4.79 Å². The highest BCUT2D eigenvalue weighted by Gasteiger charge is 2.19. The van der Waals surface area contributed by atoms with Crippen molar-refractivity contribution in [3.63, 3.8) is 0 Å². The number of hydrogen-bond acceptors (Lipinski definition) is 4. The highest BCUT2D eigenvalue weighted by molar-refractivity contribution is 5.95. The Morgan fingerprint density at radius 1 is 1.14 bits per heavy atom. The van der Waals surface area contributed by atoms with E-state index in [-0.39, 0.29) is 17.3 Å². The monoisotopic (exact) mass is 379 g/mol. The molecule has 1 N–H and O–H groups in total. The van der Waals surface area contributed by atoms with Gasteiger partial charge in [0.25, 0.3) is 5.91 Å². The number of carbonyl (C=O) groups excluding carboxylic acids is 1. The zero-order valence-electron chi connectivity index (χ0n) is 16.1. The summed E-state index contributed by atoms with van der Waals surface area (Å²) in [5.74, 6) is 0.770. The summed E-state index contributed by atoms with van der Waals surface area (Å²) in [6.45, 7) is 5.97. The third-order valence-electron chi connectivity index (χ3n) is 4.39. The van der Waals surface area contributed by atoms with Crippen molar-refractivity contribution in [2.75, 3.05) is 0 Å². The summed E-state index contributed by atoms with van der Waals surface area (Å²) in [6.07, 6.45) is 2.39. The Balaban J connectivity index is 1.78. The maximum absolute atomic E-state index is 13.1. The first-order valence-corrected chi connectivity index (χ1v) is 9.06. The van der Waals surface area contributed by atoms with Crippen LogP contribution in [0.25, 0.3) is 11.4 Å². The number of nitrogens with one attached hydrogen (secondary N) is 1. The molecule has 0 aliphatic carbocycles. The van der Waals surface area contributed by atoms with E-state index in [2.05, 4.69) is 15.3 Å². The number of nitrogens with zero attached hydrogens (tertiary/aromatic N) is 2. The first-order chi connectivity index (χ1) is 13.4. The smallest absolute Gasteiger partial charge is 0.251 e. The van der Waals surface area contributed by atoms with Crippen LogP contribution in [0, 0.1) is 5.82 Å². The van der Waals surface area contributed by atoms with Gasteiger partial charge >= 0.3 is 0 Å². The molecule has 0 bridgehead atoms. The Labute approximate surface area is 163 Å². The molecular formula is C22H22FN3O2. The van der Waals surface area contributed by atoms with Crippen LogP contribution in [0.3, 0.4) is 0 Å². The predicted octanol–water partition coefficient (Wildman–Crippen LogP) is 4.99. The minimum atomic E-state index is -0.322. The van der Waals surface area contributed by atoms with Crippen LogP contribution in [0.1, 0.15) is 37.6 Å². The number of rotatable bonds is 6. The van der Waals surface area contributed by atoms with Gasteiger partial charge in [-0.05, 0) is 62.7 Å². The number of aromatic nitrogens is 2. The van der Waals surface area contributed by atoms with Crippen LogP contribution in [0.15, 0.2) is 60.8 Å². The molecule has 0 atom stereocenters. The van der Waals surface area contributed by atoms with Crippen molar-refractivity contribution in [1.82, 2.24) is 15.3 Å². The van der Waals surface area contributed by atoms with Gasteiger partial charge < -0.3 is 10.1 Å². The molecule has 1 heterocycles. The summed E-state index contributed by atoms with van der Waals surface area (Å²) in [5.41, 5.74) is 0.901. The summed E-state index contributed by atoms with van der Waals surface area (Å²) in [5, 5.41) is 3.00. The number of halogens is 1. The Morgan fingerprint density at radius 2 is 1.89 bits per heavy atom. The Morgan fingerprint density at radius 3 is 2.61 bits per heavy atom. The molecular weight excluding hydrogens is 357 g/mol. The van der Waals surface area contributed by atoms with Crippen LogP contribution in [-0.4, -0.2) is 21.4 Å². The van der Waals surface area contributed by atoms with Crippen LogP contribution in [-0.2, 0) is 0 Å². The molecule has 144 valence electrons. The average molecular weight is 379 g/mol. The van der Waals surface area contributed by atoms with Gasteiger partial charge in [0.2, 0.25) is 5.88 Å². The predicted molar refractivity (Wildman–Crippen MR) is 106 cm³/mol. The van der Waals surface area contributed by atoms with Gasteiger partial charge in [0, 0.05) is 28.9 Å². The molecule has 0 aliphatic rings. The number of amides is 1. The van der Waals surface area contributed by atoms with E-state index in [1.54, 1.807) is 48.7 Å². The maximum Gasteiger partial charge on any atom is 0.251 e. The van der Waals surface area contributed by atoms with Gasteiger partial charge in [-0.2, -0.15) is 4.98 Å². The third kappa shape index (κ3) is 4.91. The molecule has 0 aliphatic heterocycles. The fourth-order valence-electron chi connectivity index (χ4n) is 2.43. The van der Waals surface area contributed by atoms with Gasteiger partial charge in [0.05, 0.1) is 0 Å². The Kier molecular flexibility index (Phi) is 5.68. The molecule has 1 amide bonds. The minimum Gasteiger partial charge on any atom is -0.439 e. The van der Waals surface area contributed by atoms with Crippen molar-refractivity contribution in [3.8, 4) is 23.0 Å². The van der Waals surface area contributed by atoms with Crippen molar-refractivity contribution < 1.29 is 13.9 Å². The molecule has 5 nitrogen and oxygen atoms in total. The van der Waals surface area contributed by atoms with Gasteiger partial charge in [-0.1, -0.05) is 13.0 Å². The topological polar surface area (TPSA) is 64.1 Å². The molecule has 6 heteroatoms. The summed E-state index contributed by atoms with van der Waals surface area (Å²) < 4.78 is 18.9. The normalized spacial score (nSPS) is 11.1. The molecule has 1 aromatic heterocycles. The summed E-state index contributed by atoms with van der Waals surface area (Å²) in [6, 6.07) is 14.5. The van der Waals surface area contributed by atoms with Gasteiger partial charge in [-0.25, -0.2) is 9.37 Å². The first kappa shape index (κ1) is 19.5. The van der Waals surface area contributed by atoms with E-state index in [0.29, 0.717) is 28.6 Å². The van der Waals surface area contributed by atoms with Crippen molar-refractivity contribution >= 4 is 5.91 Å². The lowest BCUT2D eigenvalue weighted by Gasteiger charge is -2.24. The number of benzene rings is 2. The second kappa shape index (κ2) is 8.17. The lowest BCUT2D eigenvalue weighted by molar-refractivity contribution is 0.0911. The van der Waals surface area contributed by atoms with E-state index < -0.39 is 0 Å². The van der Waals surface area contributed by atoms with Crippen molar-refractivity contribution in [1.29, 1.82) is 0 Å². The second-order valence-electron chi connectivity index (χ2n) is 7.05. The number of ether oxygens (including phenoxy) is 1. The second-order valence-corrected chi connectivity index (χ2v) is 7.05. The zero-order chi connectivity index (χ0) is 20.1. The highest BCUT2D eigenvalue weighted by atomic mass is 19.1. The summed E-state index contributed by atoms with van der Waals surface area (Å²) >= 11 is 0. The van der Waals surface area contributed by atoms with Crippen LogP contribution in [0.4, 0.5) is 4.39 Å². The molecule has 0 radical (unpaired) electrons. The van der Waals surface area contributed by atoms with Crippen molar-refractivity contribution in [2.24, 2.45) is 0 Å². The van der Waals surface area contributed by atoms with Crippen LogP contribution in [0.5, 0.6) is 11.6 Å². The lowest BCUT2D eigenvalue weighted by atomic mass is 10.0. The third-order valence-corrected chi connectivity index (χ3v) is 4.39. The molecule has 3 aromatic rings. The Bertz CT molecular complexity index is 972. The van der Waals surface area contributed by atoms with Gasteiger partial charge in [0.15, 0.2) is 5.82 Å². The van der Waals surface area contributed by atoms with Crippen molar-refractivity contribution in [3.05, 3.63) is 72.2 Å².